The van der Waals surface area contributed by atoms with E-state index in [1.807, 2.05) is 30.3 Å². The second-order valence-electron chi connectivity index (χ2n) is 5.68. The van der Waals surface area contributed by atoms with Crippen molar-refractivity contribution >= 4 is 5.69 Å². The number of hydrogen-bond acceptors (Lipinski definition) is 3. The summed E-state index contributed by atoms with van der Waals surface area (Å²) in [5.74, 6) is 0. The Morgan fingerprint density at radius 1 is 0.864 bits per heavy atom. The van der Waals surface area contributed by atoms with Gasteiger partial charge in [0.25, 0.3) is 0 Å². The Balaban J connectivity index is 1.50. The Bertz CT molecular complexity index is 616. The maximum absolute atomic E-state index is 4.34. The smallest absolute Gasteiger partial charge is 0.0874 e. The molecular weight excluding hydrogens is 272 g/mol. The summed E-state index contributed by atoms with van der Waals surface area (Å²) in [6, 6.07) is 18.5. The van der Waals surface area contributed by atoms with Crippen LogP contribution in [0.15, 0.2) is 64.9 Å². The van der Waals surface area contributed by atoms with Crippen molar-refractivity contribution in [3.05, 3.63) is 65.7 Å². The maximum Gasteiger partial charge on any atom is 0.0874 e. The summed E-state index contributed by atoms with van der Waals surface area (Å²) < 4.78 is 0. The molecule has 0 saturated carbocycles. The minimum Gasteiger partial charge on any atom is -0.295 e. The molecule has 0 aromatic heterocycles. The SMILES string of the molecule is Cc1ccccc1CN1CCN(N=Nc2ccccc2)CC1. The quantitative estimate of drug-likeness (QED) is 0.803. The van der Waals surface area contributed by atoms with Gasteiger partial charge in [0.1, 0.15) is 0 Å². The van der Waals surface area contributed by atoms with E-state index in [4.69, 9.17) is 0 Å². The van der Waals surface area contributed by atoms with E-state index in [1.165, 1.54) is 11.1 Å². The number of aryl methyl sites for hydroxylation is 1. The van der Waals surface area contributed by atoms with Gasteiger partial charge in [0.15, 0.2) is 0 Å². The molecule has 2 aromatic carbocycles. The van der Waals surface area contributed by atoms with E-state index in [1.54, 1.807) is 0 Å². The lowest BCUT2D eigenvalue weighted by Gasteiger charge is -2.32. The molecule has 4 nitrogen and oxygen atoms in total. The van der Waals surface area contributed by atoms with Crippen molar-refractivity contribution in [2.75, 3.05) is 26.2 Å². The number of benzene rings is 2. The summed E-state index contributed by atoms with van der Waals surface area (Å²) in [6.45, 7) is 7.13. The summed E-state index contributed by atoms with van der Waals surface area (Å²) in [4.78, 5) is 2.48. The van der Waals surface area contributed by atoms with Crippen molar-refractivity contribution in [2.24, 2.45) is 10.3 Å². The molecule has 0 aliphatic carbocycles. The lowest BCUT2D eigenvalue weighted by molar-refractivity contribution is 0.124. The molecular formula is C18H22N4. The largest absolute Gasteiger partial charge is 0.295 e. The zero-order valence-electron chi connectivity index (χ0n) is 13.0. The first kappa shape index (κ1) is 14.7. The zero-order valence-corrected chi connectivity index (χ0v) is 13.0. The second kappa shape index (κ2) is 7.18. The average Bonchev–Trinajstić information content (AvgIpc) is 2.57. The van der Waals surface area contributed by atoms with Gasteiger partial charge in [-0.25, -0.2) is 0 Å². The Hall–Kier alpha value is -2.20. The first-order valence-electron chi connectivity index (χ1n) is 7.80. The Morgan fingerprint density at radius 3 is 2.27 bits per heavy atom. The van der Waals surface area contributed by atoms with Crippen molar-refractivity contribution in [3.63, 3.8) is 0 Å². The standard InChI is InChI=1S/C18H22N4/c1-16-7-5-6-8-17(16)15-21-11-13-22(14-12-21)20-19-18-9-3-2-4-10-18/h2-10H,11-15H2,1H3. The predicted octanol–water partition coefficient (Wildman–Crippen LogP) is 3.81. The third kappa shape index (κ3) is 3.92. The molecule has 1 heterocycles. The zero-order chi connectivity index (χ0) is 15.2. The van der Waals surface area contributed by atoms with Crippen LogP contribution >= 0.6 is 0 Å². The number of nitrogens with zero attached hydrogens (tertiary/aromatic N) is 4. The fraction of sp³-hybridized carbons (Fsp3) is 0.333. The van der Waals surface area contributed by atoms with Crippen LogP contribution < -0.4 is 0 Å². The van der Waals surface area contributed by atoms with E-state index in [2.05, 4.69) is 51.4 Å². The highest BCUT2D eigenvalue weighted by Gasteiger charge is 2.16. The molecule has 0 bridgehead atoms. The molecule has 0 radical (unpaired) electrons. The third-order valence-corrected chi connectivity index (χ3v) is 4.05. The van der Waals surface area contributed by atoms with Gasteiger partial charge in [0, 0.05) is 19.6 Å². The van der Waals surface area contributed by atoms with Gasteiger partial charge in [-0.3, -0.25) is 9.91 Å². The maximum atomic E-state index is 4.34. The van der Waals surface area contributed by atoms with Crippen LogP contribution in [0.3, 0.4) is 0 Å². The van der Waals surface area contributed by atoms with Crippen LogP contribution in [0, 0.1) is 6.92 Å². The van der Waals surface area contributed by atoms with Gasteiger partial charge in [0.2, 0.25) is 0 Å². The van der Waals surface area contributed by atoms with Gasteiger partial charge in [-0.1, -0.05) is 47.7 Å². The van der Waals surface area contributed by atoms with Gasteiger partial charge < -0.3 is 0 Å². The molecule has 0 N–H and O–H groups in total. The number of rotatable bonds is 4. The fourth-order valence-electron chi connectivity index (χ4n) is 2.62. The van der Waals surface area contributed by atoms with Crippen molar-refractivity contribution in [1.29, 1.82) is 0 Å². The third-order valence-electron chi connectivity index (χ3n) is 4.05. The minimum absolute atomic E-state index is 0.907. The predicted molar refractivity (Wildman–Crippen MR) is 89.0 cm³/mol. The molecule has 0 atom stereocenters. The molecule has 4 heteroatoms. The molecule has 1 aliphatic rings. The van der Waals surface area contributed by atoms with Gasteiger partial charge >= 0.3 is 0 Å². The first-order chi connectivity index (χ1) is 10.8. The molecule has 3 rings (SSSR count). The average molecular weight is 294 g/mol. The summed E-state index contributed by atoms with van der Waals surface area (Å²) in [7, 11) is 0. The van der Waals surface area contributed by atoms with E-state index >= 15 is 0 Å². The van der Waals surface area contributed by atoms with Crippen LogP contribution in [0.4, 0.5) is 5.69 Å². The van der Waals surface area contributed by atoms with E-state index in [0.717, 1.165) is 38.4 Å². The monoisotopic (exact) mass is 294 g/mol. The molecule has 0 unspecified atom stereocenters. The van der Waals surface area contributed by atoms with E-state index in [0.29, 0.717) is 0 Å². The molecule has 0 amide bonds. The summed E-state index contributed by atoms with van der Waals surface area (Å²) >= 11 is 0. The molecule has 22 heavy (non-hydrogen) atoms. The molecule has 1 fully saturated rings. The lowest BCUT2D eigenvalue weighted by Crippen LogP contribution is -2.43. The molecule has 114 valence electrons. The second-order valence-corrected chi connectivity index (χ2v) is 5.68. The number of piperazine rings is 1. The van der Waals surface area contributed by atoms with E-state index in [9.17, 15) is 0 Å². The van der Waals surface area contributed by atoms with Crippen molar-refractivity contribution < 1.29 is 0 Å². The first-order valence-corrected chi connectivity index (χ1v) is 7.80. The van der Waals surface area contributed by atoms with Crippen LogP contribution in [-0.2, 0) is 6.54 Å². The molecule has 0 spiro atoms. The van der Waals surface area contributed by atoms with Gasteiger partial charge in [0.05, 0.1) is 18.8 Å². The fourth-order valence-corrected chi connectivity index (χ4v) is 2.62. The van der Waals surface area contributed by atoms with Crippen LogP contribution in [-0.4, -0.2) is 36.1 Å². The summed E-state index contributed by atoms with van der Waals surface area (Å²) in [5.41, 5.74) is 3.69. The molecule has 1 aliphatic heterocycles. The Morgan fingerprint density at radius 2 is 1.55 bits per heavy atom. The lowest BCUT2D eigenvalue weighted by atomic mass is 10.1. The summed E-state index contributed by atoms with van der Waals surface area (Å²) in [6.07, 6.45) is 0. The summed E-state index contributed by atoms with van der Waals surface area (Å²) in [5, 5.41) is 10.7. The number of hydrogen-bond donors (Lipinski definition) is 0. The van der Waals surface area contributed by atoms with Crippen molar-refractivity contribution in [1.82, 2.24) is 9.91 Å². The van der Waals surface area contributed by atoms with E-state index in [-0.39, 0.29) is 0 Å². The van der Waals surface area contributed by atoms with Crippen molar-refractivity contribution in [2.45, 2.75) is 13.5 Å². The highest BCUT2D eigenvalue weighted by Crippen LogP contribution is 2.14. The van der Waals surface area contributed by atoms with Gasteiger partial charge in [-0.2, -0.15) is 0 Å². The topological polar surface area (TPSA) is 31.2 Å². The van der Waals surface area contributed by atoms with Gasteiger partial charge in [-0.15, -0.1) is 5.11 Å². The Kier molecular flexibility index (Phi) is 4.81. The van der Waals surface area contributed by atoms with Crippen LogP contribution in [0.5, 0.6) is 0 Å². The Labute approximate surface area is 132 Å². The van der Waals surface area contributed by atoms with Gasteiger partial charge in [-0.05, 0) is 30.2 Å². The highest BCUT2D eigenvalue weighted by atomic mass is 15.6. The van der Waals surface area contributed by atoms with E-state index < -0.39 is 0 Å². The van der Waals surface area contributed by atoms with Crippen molar-refractivity contribution in [3.8, 4) is 0 Å². The molecule has 1 saturated heterocycles. The molecule has 2 aromatic rings. The minimum atomic E-state index is 0.907. The van der Waals surface area contributed by atoms with Crippen LogP contribution in [0.25, 0.3) is 0 Å². The highest BCUT2D eigenvalue weighted by molar-refractivity contribution is 5.34. The normalized spacial score (nSPS) is 16.3. The van der Waals surface area contributed by atoms with Crippen LogP contribution in [0.2, 0.25) is 0 Å². The van der Waals surface area contributed by atoms with Crippen LogP contribution in [0.1, 0.15) is 11.1 Å².